The second kappa shape index (κ2) is 7.54. The van der Waals surface area contributed by atoms with Gasteiger partial charge in [0.1, 0.15) is 6.61 Å². The van der Waals surface area contributed by atoms with Crippen LogP contribution in [0.2, 0.25) is 0 Å². The van der Waals surface area contributed by atoms with Crippen molar-refractivity contribution in [2.24, 2.45) is 5.92 Å². The molecule has 2 unspecified atom stereocenters. The van der Waals surface area contributed by atoms with E-state index in [0.29, 0.717) is 5.57 Å². The number of carbonyl (C=O) groups is 1. The molecule has 0 saturated carbocycles. The average Bonchev–Trinajstić information content (AvgIpc) is 2.26. The highest BCUT2D eigenvalue weighted by molar-refractivity contribution is 5.86. The standard InChI is InChI=1S/C14H26O4/c1-7-12(8-15)14(5,6)18-11(4)9-17-13(16)10(2)3/h11-12,15H,2,7-9H2,1,3-6H3. The van der Waals surface area contributed by atoms with Crippen LogP contribution in [0.3, 0.4) is 0 Å². The summed E-state index contributed by atoms with van der Waals surface area (Å²) >= 11 is 0. The number of carbonyl (C=O) groups excluding carboxylic acids is 1. The van der Waals surface area contributed by atoms with Crippen LogP contribution < -0.4 is 0 Å². The molecule has 0 heterocycles. The molecule has 0 bridgehead atoms. The van der Waals surface area contributed by atoms with Gasteiger partial charge in [0, 0.05) is 18.1 Å². The molecule has 0 aromatic carbocycles. The molecule has 0 spiro atoms. The van der Waals surface area contributed by atoms with Crippen LogP contribution in [0.15, 0.2) is 12.2 Å². The maximum Gasteiger partial charge on any atom is 0.333 e. The average molecular weight is 258 g/mol. The molecule has 0 aromatic heterocycles. The lowest BCUT2D eigenvalue weighted by Gasteiger charge is -2.35. The van der Waals surface area contributed by atoms with E-state index in [1.807, 2.05) is 27.7 Å². The van der Waals surface area contributed by atoms with Gasteiger partial charge in [-0.05, 0) is 34.1 Å². The number of hydrogen-bond donors (Lipinski definition) is 1. The van der Waals surface area contributed by atoms with E-state index in [2.05, 4.69) is 6.58 Å². The van der Waals surface area contributed by atoms with Gasteiger partial charge in [-0.3, -0.25) is 0 Å². The van der Waals surface area contributed by atoms with E-state index < -0.39 is 11.6 Å². The first kappa shape index (κ1) is 17.1. The van der Waals surface area contributed by atoms with Crippen LogP contribution in [0.5, 0.6) is 0 Å². The second-order valence-electron chi connectivity index (χ2n) is 5.20. The van der Waals surface area contributed by atoms with Gasteiger partial charge in [0.15, 0.2) is 0 Å². The number of aliphatic hydroxyl groups excluding tert-OH is 1. The fourth-order valence-corrected chi connectivity index (χ4v) is 1.81. The van der Waals surface area contributed by atoms with E-state index in [1.54, 1.807) is 6.92 Å². The molecule has 4 nitrogen and oxygen atoms in total. The highest BCUT2D eigenvalue weighted by Crippen LogP contribution is 2.25. The van der Waals surface area contributed by atoms with Gasteiger partial charge in [-0.25, -0.2) is 4.79 Å². The van der Waals surface area contributed by atoms with Crippen LogP contribution >= 0.6 is 0 Å². The summed E-state index contributed by atoms with van der Waals surface area (Å²) < 4.78 is 10.9. The van der Waals surface area contributed by atoms with Gasteiger partial charge in [-0.1, -0.05) is 13.5 Å². The summed E-state index contributed by atoms with van der Waals surface area (Å²) in [5, 5.41) is 9.29. The van der Waals surface area contributed by atoms with Crippen LogP contribution in [0, 0.1) is 5.92 Å². The summed E-state index contributed by atoms with van der Waals surface area (Å²) in [6.45, 7) is 13.1. The Morgan fingerprint density at radius 3 is 2.39 bits per heavy atom. The Hall–Kier alpha value is -0.870. The second-order valence-corrected chi connectivity index (χ2v) is 5.20. The molecule has 4 heteroatoms. The first-order valence-electron chi connectivity index (χ1n) is 6.35. The van der Waals surface area contributed by atoms with E-state index >= 15 is 0 Å². The van der Waals surface area contributed by atoms with E-state index in [9.17, 15) is 9.90 Å². The van der Waals surface area contributed by atoms with E-state index in [4.69, 9.17) is 9.47 Å². The molecule has 0 fully saturated rings. The zero-order valence-corrected chi connectivity index (χ0v) is 12.2. The topological polar surface area (TPSA) is 55.8 Å². The summed E-state index contributed by atoms with van der Waals surface area (Å²) in [4.78, 5) is 11.2. The Balaban J connectivity index is 4.25. The monoisotopic (exact) mass is 258 g/mol. The number of hydrogen-bond acceptors (Lipinski definition) is 4. The zero-order valence-electron chi connectivity index (χ0n) is 12.2. The molecule has 0 rings (SSSR count). The molecular formula is C14H26O4. The summed E-state index contributed by atoms with van der Waals surface area (Å²) in [6.07, 6.45) is 0.616. The molecule has 18 heavy (non-hydrogen) atoms. The summed E-state index contributed by atoms with van der Waals surface area (Å²) in [6, 6.07) is 0. The van der Waals surface area contributed by atoms with Crippen molar-refractivity contribution in [2.75, 3.05) is 13.2 Å². The molecular weight excluding hydrogens is 232 g/mol. The molecule has 106 valence electrons. The number of esters is 1. The zero-order chi connectivity index (χ0) is 14.3. The van der Waals surface area contributed by atoms with Crippen molar-refractivity contribution in [3.8, 4) is 0 Å². The lowest BCUT2D eigenvalue weighted by molar-refractivity contribution is -0.154. The van der Waals surface area contributed by atoms with Crippen molar-refractivity contribution in [1.29, 1.82) is 0 Å². The van der Waals surface area contributed by atoms with Crippen molar-refractivity contribution in [2.45, 2.75) is 52.7 Å². The normalized spacial score (nSPS) is 15.0. The molecule has 0 radical (unpaired) electrons. The molecule has 0 aromatic rings. The van der Waals surface area contributed by atoms with E-state index in [-0.39, 0.29) is 25.2 Å². The molecule has 1 N–H and O–H groups in total. The van der Waals surface area contributed by atoms with Crippen LogP contribution in [0.4, 0.5) is 0 Å². The van der Waals surface area contributed by atoms with Gasteiger partial charge in [-0.15, -0.1) is 0 Å². The van der Waals surface area contributed by atoms with Gasteiger partial charge >= 0.3 is 5.97 Å². The van der Waals surface area contributed by atoms with Gasteiger partial charge in [0.05, 0.1) is 11.7 Å². The van der Waals surface area contributed by atoms with Crippen LogP contribution in [-0.2, 0) is 14.3 Å². The minimum Gasteiger partial charge on any atom is -0.460 e. The van der Waals surface area contributed by atoms with Gasteiger partial charge in [0.2, 0.25) is 0 Å². The maximum absolute atomic E-state index is 11.2. The van der Waals surface area contributed by atoms with Crippen molar-refractivity contribution < 1.29 is 19.4 Å². The molecule has 0 aliphatic rings. The molecule has 0 aliphatic heterocycles. The lowest BCUT2D eigenvalue weighted by Crippen LogP contribution is -2.40. The Morgan fingerprint density at radius 2 is 2.00 bits per heavy atom. The third-order valence-corrected chi connectivity index (χ3v) is 3.00. The molecule has 0 aliphatic carbocycles. The number of aliphatic hydroxyl groups is 1. The smallest absolute Gasteiger partial charge is 0.333 e. The van der Waals surface area contributed by atoms with Crippen LogP contribution in [-0.4, -0.2) is 36.0 Å². The van der Waals surface area contributed by atoms with Crippen molar-refractivity contribution >= 4 is 5.97 Å². The maximum atomic E-state index is 11.2. The van der Waals surface area contributed by atoms with Crippen LogP contribution in [0.1, 0.15) is 41.0 Å². The summed E-state index contributed by atoms with van der Waals surface area (Å²) in [5.41, 5.74) is -0.0679. The Labute approximate surface area is 110 Å². The van der Waals surface area contributed by atoms with E-state index in [1.165, 1.54) is 0 Å². The highest BCUT2D eigenvalue weighted by atomic mass is 16.6. The van der Waals surface area contributed by atoms with Crippen molar-refractivity contribution in [3.05, 3.63) is 12.2 Å². The predicted molar refractivity (Wildman–Crippen MR) is 71.3 cm³/mol. The molecule has 2 atom stereocenters. The third-order valence-electron chi connectivity index (χ3n) is 3.00. The predicted octanol–water partition coefficient (Wildman–Crippen LogP) is 2.31. The first-order chi connectivity index (χ1) is 8.24. The van der Waals surface area contributed by atoms with E-state index in [0.717, 1.165) is 6.42 Å². The fourth-order valence-electron chi connectivity index (χ4n) is 1.81. The molecule has 0 saturated heterocycles. The largest absolute Gasteiger partial charge is 0.460 e. The quantitative estimate of drug-likeness (QED) is 0.536. The summed E-state index contributed by atoms with van der Waals surface area (Å²) in [5.74, 6) is -0.339. The van der Waals surface area contributed by atoms with Crippen molar-refractivity contribution in [3.63, 3.8) is 0 Å². The fraction of sp³-hybridized carbons (Fsp3) is 0.786. The molecule has 0 amide bonds. The highest BCUT2D eigenvalue weighted by Gasteiger charge is 2.30. The number of ether oxygens (including phenoxy) is 2. The van der Waals surface area contributed by atoms with Crippen LogP contribution in [0.25, 0.3) is 0 Å². The summed E-state index contributed by atoms with van der Waals surface area (Å²) in [7, 11) is 0. The first-order valence-corrected chi connectivity index (χ1v) is 6.35. The van der Waals surface area contributed by atoms with Crippen molar-refractivity contribution in [1.82, 2.24) is 0 Å². The SMILES string of the molecule is C=C(C)C(=O)OCC(C)OC(C)(C)C(CC)CO. The Bertz CT molecular complexity index is 280. The minimum absolute atomic E-state index is 0.0665. The van der Waals surface area contributed by atoms with Gasteiger partial charge in [0.25, 0.3) is 0 Å². The lowest BCUT2D eigenvalue weighted by atomic mass is 9.89. The van der Waals surface area contributed by atoms with Gasteiger partial charge in [-0.2, -0.15) is 0 Å². The third kappa shape index (κ3) is 5.65. The Kier molecular flexibility index (Phi) is 7.18. The minimum atomic E-state index is -0.446. The number of rotatable bonds is 8. The van der Waals surface area contributed by atoms with Gasteiger partial charge < -0.3 is 14.6 Å². The Morgan fingerprint density at radius 1 is 1.44 bits per heavy atom.